The average molecular weight is 187 g/mol. The Hall–Kier alpha value is -0.610. The van der Waals surface area contributed by atoms with Gasteiger partial charge >= 0.3 is 5.97 Å². The SMILES string of the molecule is COC(=O)CN(C)C1CCCOC1. The van der Waals surface area contributed by atoms with Gasteiger partial charge in [0.05, 0.1) is 20.3 Å². The van der Waals surface area contributed by atoms with Crippen LogP contribution < -0.4 is 0 Å². The molecular formula is C9H17NO3. The first-order valence-electron chi connectivity index (χ1n) is 4.59. The molecule has 1 fully saturated rings. The maximum atomic E-state index is 11.0. The molecule has 0 N–H and O–H groups in total. The van der Waals surface area contributed by atoms with Gasteiger partial charge in [0.25, 0.3) is 0 Å². The van der Waals surface area contributed by atoms with Gasteiger partial charge in [0.2, 0.25) is 0 Å². The Labute approximate surface area is 78.8 Å². The molecule has 0 amide bonds. The molecule has 4 nitrogen and oxygen atoms in total. The summed E-state index contributed by atoms with van der Waals surface area (Å²) in [5.74, 6) is -0.187. The van der Waals surface area contributed by atoms with Crippen molar-refractivity contribution in [2.24, 2.45) is 0 Å². The normalized spacial score (nSPS) is 23.2. The van der Waals surface area contributed by atoms with E-state index in [1.54, 1.807) is 0 Å². The molecule has 0 radical (unpaired) electrons. The van der Waals surface area contributed by atoms with Crippen molar-refractivity contribution in [1.82, 2.24) is 4.90 Å². The lowest BCUT2D eigenvalue weighted by Gasteiger charge is -2.30. The lowest BCUT2D eigenvalue weighted by atomic mass is 10.1. The fourth-order valence-electron chi connectivity index (χ4n) is 1.47. The number of nitrogens with zero attached hydrogens (tertiary/aromatic N) is 1. The van der Waals surface area contributed by atoms with E-state index in [1.807, 2.05) is 11.9 Å². The zero-order chi connectivity index (χ0) is 9.68. The lowest BCUT2D eigenvalue weighted by Crippen LogP contribution is -2.41. The first kappa shape index (κ1) is 10.5. The zero-order valence-electron chi connectivity index (χ0n) is 8.28. The minimum atomic E-state index is -0.187. The van der Waals surface area contributed by atoms with Crippen molar-refractivity contribution in [3.63, 3.8) is 0 Å². The summed E-state index contributed by atoms with van der Waals surface area (Å²) < 4.78 is 9.91. The van der Waals surface area contributed by atoms with Crippen LogP contribution in [0.1, 0.15) is 12.8 Å². The third kappa shape index (κ3) is 3.32. The van der Waals surface area contributed by atoms with Crippen LogP contribution in [0.4, 0.5) is 0 Å². The molecule has 0 aromatic carbocycles. The second-order valence-corrected chi connectivity index (χ2v) is 3.36. The molecule has 1 heterocycles. The molecule has 13 heavy (non-hydrogen) atoms. The smallest absolute Gasteiger partial charge is 0.319 e. The summed E-state index contributed by atoms with van der Waals surface area (Å²) in [6.45, 7) is 1.93. The van der Waals surface area contributed by atoms with Gasteiger partial charge in [0.15, 0.2) is 0 Å². The molecule has 0 bridgehead atoms. The predicted octanol–water partition coefficient (Wildman–Crippen LogP) is 0.270. The summed E-state index contributed by atoms with van der Waals surface area (Å²) in [5.41, 5.74) is 0. The van der Waals surface area contributed by atoms with Crippen molar-refractivity contribution in [3.8, 4) is 0 Å². The zero-order valence-corrected chi connectivity index (χ0v) is 8.28. The van der Waals surface area contributed by atoms with Crippen molar-refractivity contribution < 1.29 is 14.3 Å². The number of hydrogen-bond acceptors (Lipinski definition) is 4. The van der Waals surface area contributed by atoms with Gasteiger partial charge in [-0.25, -0.2) is 0 Å². The Kier molecular flexibility index (Phi) is 4.18. The standard InChI is InChI=1S/C9H17NO3/c1-10(6-9(11)12-2)8-4-3-5-13-7-8/h8H,3-7H2,1-2H3. The van der Waals surface area contributed by atoms with E-state index in [-0.39, 0.29) is 5.97 Å². The largest absolute Gasteiger partial charge is 0.468 e. The fourth-order valence-corrected chi connectivity index (χ4v) is 1.47. The van der Waals surface area contributed by atoms with Gasteiger partial charge in [-0.15, -0.1) is 0 Å². The van der Waals surface area contributed by atoms with E-state index in [0.29, 0.717) is 12.6 Å². The van der Waals surface area contributed by atoms with Gasteiger partial charge in [-0.1, -0.05) is 0 Å². The van der Waals surface area contributed by atoms with Gasteiger partial charge in [0, 0.05) is 12.6 Å². The summed E-state index contributed by atoms with van der Waals surface area (Å²) in [6.07, 6.45) is 2.18. The van der Waals surface area contributed by atoms with Crippen molar-refractivity contribution >= 4 is 5.97 Å². The average Bonchev–Trinajstić information content (AvgIpc) is 2.19. The minimum Gasteiger partial charge on any atom is -0.468 e. The molecule has 1 rings (SSSR count). The van der Waals surface area contributed by atoms with Crippen molar-refractivity contribution in [3.05, 3.63) is 0 Å². The first-order chi connectivity index (χ1) is 6.24. The van der Waals surface area contributed by atoms with Crippen LogP contribution in [-0.4, -0.2) is 50.8 Å². The molecule has 0 aliphatic carbocycles. The third-order valence-corrected chi connectivity index (χ3v) is 2.37. The number of hydrogen-bond donors (Lipinski definition) is 0. The molecular weight excluding hydrogens is 170 g/mol. The van der Waals surface area contributed by atoms with Crippen LogP contribution in [0.3, 0.4) is 0 Å². The predicted molar refractivity (Wildman–Crippen MR) is 48.5 cm³/mol. The van der Waals surface area contributed by atoms with Gasteiger partial charge in [0.1, 0.15) is 0 Å². The second-order valence-electron chi connectivity index (χ2n) is 3.36. The number of methoxy groups -OCH3 is 1. The molecule has 4 heteroatoms. The topological polar surface area (TPSA) is 38.8 Å². The molecule has 0 aromatic heterocycles. The summed E-state index contributed by atoms with van der Waals surface area (Å²) in [4.78, 5) is 13.0. The number of esters is 1. The highest BCUT2D eigenvalue weighted by Gasteiger charge is 2.20. The number of likely N-dealkylation sites (N-methyl/N-ethyl adjacent to an activating group) is 1. The van der Waals surface area contributed by atoms with E-state index >= 15 is 0 Å². The Morgan fingerprint density at radius 1 is 1.69 bits per heavy atom. The van der Waals surface area contributed by atoms with Gasteiger partial charge < -0.3 is 9.47 Å². The second kappa shape index (κ2) is 5.19. The van der Waals surface area contributed by atoms with Crippen molar-refractivity contribution in [2.45, 2.75) is 18.9 Å². The van der Waals surface area contributed by atoms with Gasteiger partial charge in [-0.05, 0) is 19.9 Å². The molecule has 76 valence electrons. The number of rotatable bonds is 3. The van der Waals surface area contributed by atoms with Crippen molar-refractivity contribution in [1.29, 1.82) is 0 Å². The lowest BCUT2D eigenvalue weighted by molar-refractivity contribution is -0.142. The molecule has 0 saturated carbocycles. The Balaban J connectivity index is 2.28. The molecule has 0 spiro atoms. The summed E-state index contributed by atoms with van der Waals surface area (Å²) >= 11 is 0. The minimum absolute atomic E-state index is 0.187. The van der Waals surface area contributed by atoms with Crippen LogP contribution in [0, 0.1) is 0 Å². The van der Waals surface area contributed by atoms with Gasteiger partial charge in [-0.3, -0.25) is 9.69 Å². The first-order valence-corrected chi connectivity index (χ1v) is 4.59. The fraction of sp³-hybridized carbons (Fsp3) is 0.889. The quantitative estimate of drug-likeness (QED) is 0.594. The maximum Gasteiger partial charge on any atom is 0.319 e. The molecule has 1 aliphatic rings. The van der Waals surface area contributed by atoms with Crippen LogP contribution in [0.25, 0.3) is 0 Å². The number of ether oxygens (including phenoxy) is 2. The van der Waals surface area contributed by atoms with Crippen molar-refractivity contribution in [2.75, 3.05) is 33.9 Å². The highest BCUT2D eigenvalue weighted by molar-refractivity contribution is 5.71. The van der Waals surface area contributed by atoms with Crippen LogP contribution in [0.15, 0.2) is 0 Å². The van der Waals surface area contributed by atoms with Crippen LogP contribution in [0.5, 0.6) is 0 Å². The summed E-state index contributed by atoms with van der Waals surface area (Å²) in [7, 11) is 3.34. The summed E-state index contributed by atoms with van der Waals surface area (Å²) in [5, 5.41) is 0. The van der Waals surface area contributed by atoms with E-state index in [2.05, 4.69) is 4.74 Å². The monoisotopic (exact) mass is 187 g/mol. The maximum absolute atomic E-state index is 11.0. The Bertz CT molecular complexity index is 166. The molecule has 0 aromatic rings. The van der Waals surface area contributed by atoms with E-state index in [1.165, 1.54) is 7.11 Å². The molecule has 1 atom stereocenters. The Morgan fingerprint density at radius 3 is 3.00 bits per heavy atom. The van der Waals surface area contributed by atoms with Crippen LogP contribution >= 0.6 is 0 Å². The van der Waals surface area contributed by atoms with Gasteiger partial charge in [-0.2, -0.15) is 0 Å². The van der Waals surface area contributed by atoms with E-state index < -0.39 is 0 Å². The molecule has 1 aliphatic heterocycles. The number of carbonyl (C=O) groups is 1. The van der Waals surface area contributed by atoms with Crippen LogP contribution in [-0.2, 0) is 14.3 Å². The van der Waals surface area contributed by atoms with E-state index in [4.69, 9.17) is 4.74 Å². The molecule has 1 saturated heterocycles. The highest BCUT2D eigenvalue weighted by Crippen LogP contribution is 2.11. The van der Waals surface area contributed by atoms with Crippen LogP contribution in [0.2, 0.25) is 0 Å². The van der Waals surface area contributed by atoms with E-state index in [0.717, 1.165) is 26.1 Å². The Morgan fingerprint density at radius 2 is 2.46 bits per heavy atom. The molecule has 1 unspecified atom stereocenters. The third-order valence-electron chi connectivity index (χ3n) is 2.37. The number of carbonyl (C=O) groups excluding carboxylic acids is 1. The highest BCUT2D eigenvalue weighted by atomic mass is 16.5. The summed E-state index contributed by atoms with van der Waals surface area (Å²) in [6, 6.07) is 0.368. The van der Waals surface area contributed by atoms with E-state index in [9.17, 15) is 4.79 Å².